The number of hydrogen-bond acceptors (Lipinski definition) is 4. The van der Waals surface area contributed by atoms with Crippen LogP contribution in [0.5, 0.6) is 11.5 Å². The number of hydrogen-bond donors (Lipinski definition) is 0. The van der Waals surface area contributed by atoms with Crippen molar-refractivity contribution in [2.45, 2.75) is 12.2 Å². The SMILES string of the molecule is O=C(c1ccc2c(c1)OCO2)[C@H]1O[C@H]1c1ccccc1. The summed E-state index contributed by atoms with van der Waals surface area (Å²) in [5, 5.41) is 0. The van der Waals surface area contributed by atoms with Crippen molar-refractivity contribution >= 4 is 5.78 Å². The smallest absolute Gasteiger partial charge is 0.231 e. The van der Waals surface area contributed by atoms with Crippen molar-refractivity contribution in [2.24, 2.45) is 0 Å². The van der Waals surface area contributed by atoms with Crippen LogP contribution in [0.2, 0.25) is 0 Å². The van der Waals surface area contributed by atoms with Gasteiger partial charge >= 0.3 is 0 Å². The van der Waals surface area contributed by atoms with Gasteiger partial charge in [-0.15, -0.1) is 0 Å². The third-order valence-corrected chi connectivity index (χ3v) is 3.54. The van der Waals surface area contributed by atoms with Crippen molar-refractivity contribution < 1.29 is 19.0 Å². The molecular formula is C16H12O4. The zero-order chi connectivity index (χ0) is 13.5. The van der Waals surface area contributed by atoms with E-state index in [4.69, 9.17) is 14.2 Å². The number of benzene rings is 2. The molecule has 2 aromatic rings. The fourth-order valence-electron chi connectivity index (χ4n) is 2.42. The lowest BCUT2D eigenvalue weighted by Gasteiger charge is -2.00. The van der Waals surface area contributed by atoms with Gasteiger partial charge < -0.3 is 14.2 Å². The third kappa shape index (κ3) is 1.85. The van der Waals surface area contributed by atoms with Crippen molar-refractivity contribution in [2.75, 3.05) is 6.79 Å². The van der Waals surface area contributed by atoms with Crippen molar-refractivity contribution in [3.05, 3.63) is 59.7 Å². The molecule has 0 N–H and O–H groups in total. The van der Waals surface area contributed by atoms with Crippen molar-refractivity contribution in [3.63, 3.8) is 0 Å². The molecule has 0 aliphatic carbocycles. The maximum absolute atomic E-state index is 12.4. The second-order valence-corrected chi connectivity index (χ2v) is 4.82. The lowest BCUT2D eigenvalue weighted by Crippen LogP contribution is -2.08. The van der Waals surface area contributed by atoms with E-state index in [1.165, 1.54) is 0 Å². The minimum absolute atomic E-state index is 0.0165. The molecule has 2 aromatic carbocycles. The Kier molecular flexibility index (Phi) is 2.50. The highest BCUT2D eigenvalue weighted by molar-refractivity contribution is 6.02. The van der Waals surface area contributed by atoms with Crippen LogP contribution in [0.1, 0.15) is 22.0 Å². The van der Waals surface area contributed by atoms with E-state index in [0.29, 0.717) is 17.1 Å². The molecule has 4 rings (SSSR count). The fourth-order valence-corrected chi connectivity index (χ4v) is 2.42. The van der Waals surface area contributed by atoms with Crippen LogP contribution in [0.3, 0.4) is 0 Å². The molecule has 1 saturated heterocycles. The van der Waals surface area contributed by atoms with Gasteiger partial charge in [0.1, 0.15) is 6.10 Å². The summed E-state index contributed by atoms with van der Waals surface area (Å²) in [6.07, 6.45) is -0.521. The fraction of sp³-hybridized carbons (Fsp3) is 0.188. The summed E-state index contributed by atoms with van der Waals surface area (Å²) in [6, 6.07) is 15.0. The number of Topliss-reactive ketones (excluding diaryl/α,β-unsaturated/α-hetero) is 1. The van der Waals surface area contributed by atoms with Crippen LogP contribution in [-0.2, 0) is 4.74 Å². The van der Waals surface area contributed by atoms with Crippen molar-refractivity contribution in [3.8, 4) is 11.5 Å². The van der Waals surface area contributed by atoms with Crippen LogP contribution in [0.4, 0.5) is 0 Å². The molecular weight excluding hydrogens is 256 g/mol. The standard InChI is InChI=1S/C16H12O4/c17-14(11-6-7-12-13(8-11)19-9-18-12)16-15(20-16)10-4-2-1-3-5-10/h1-8,15-16H,9H2/t15-,16+/m0/s1. The molecule has 2 atom stereocenters. The van der Waals surface area contributed by atoms with Gasteiger partial charge in [0.2, 0.25) is 6.79 Å². The molecule has 20 heavy (non-hydrogen) atoms. The van der Waals surface area contributed by atoms with Gasteiger partial charge in [-0.05, 0) is 23.8 Å². The van der Waals surface area contributed by atoms with E-state index >= 15 is 0 Å². The van der Waals surface area contributed by atoms with Crippen LogP contribution >= 0.6 is 0 Å². The predicted molar refractivity (Wildman–Crippen MR) is 71.0 cm³/mol. The molecule has 4 nitrogen and oxygen atoms in total. The molecule has 0 bridgehead atoms. The van der Waals surface area contributed by atoms with Gasteiger partial charge in [-0.25, -0.2) is 0 Å². The molecule has 0 unspecified atom stereocenters. The monoisotopic (exact) mass is 268 g/mol. The molecule has 2 aliphatic rings. The maximum atomic E-state index is 12.4. The van der Waals surface area contributed by atoms with Crippen LogP contribution in [0.15, 0.2) is 48.5 Å². The van der Waals surface area contributed by atoms with Crippen LogP contribution < -0.4 is 9.47 Å². The van der Waals surface area contributed by atoms with E-state index in [-0.39, 0.29) is 18.7 Å². The van der Waals surface area contributed by atoms with Gasteiger partial charge in [-0.3, -0.25) is 4.79 Å². The molecule has 2 heterocycles. The first kappa shape index (κ1) is 11.5. The Morgan fingerprint density at radius 1 is 1.00 bits per heavy atom. The molecule has 0 saturated carbocycles. The summed E-state index contributed by atoms with van der Waals surface area (Å²) in [7, 11) is 0. The largest absolute Gasteiger partial charge is 0.454 e. The van der Waals surface area contributed by atoms with E-state index in [2.05, 4.69) is 0 Å². The Morgan fingerprint density at radius 2 is 1.80 bits per heavy atom. The molecule has 1 fully saturated rings. The quantitative estimate of drug-likeness (QED) is 0.634. The summed E-state index contributed by atoms with van der Waals surface area (Å²) >= 11 is 0. The summed E-state index contributed by atoms with van der Waals surface area (Å²) in [4.78, 5) is 12.4. The van der Waals surface area contributed by atoms with Crippen molar-refractivity contribution in [1.29, 1.82) is 0 Å². The van der Waals surface area contributed by atoms with Gasteiger partial charge in [-0.2, -0.15) is 0 Å². The Labute approximate surface area is 115 Å². The molecule has 0 spiro atoms. The first-order valence-electron chi connectivity index (χ1n) is 6.47. The summed E-state index contributed by atoms with van der Waals surface area (Å²) in [5.74, 6) is 1.28. The topological polar surface area (TPSA) is 48.1 Å². The Bertz CT molecular complexity index is 665. The van der Waals surface area contributed by atoms with Crippen LogP contribution in [-0.4, -0.2) is 18.7 Å². The van der Waals surface area contributed by atoms with Gasteiger partial charge in [0.15, 0.2) is 23.4 Å². The first-order valence-corrected chi connectivity index (χ1v) is 6.47. The molecule has 0 radical (unpaired) electrons. The minimum Gasteiger partial charge on any atom is -0.454 e. The van der Waals surface area contributed by atoms with E-state index < -0.39 is 6.10 Å². The minimum atomic E-state index is -0.391. The van der Waals surface area contributed by atoms with E-state index in [1.54, 1.807) is 18.2 Å². The molecule has 2 aliphatic heterocycles. The third-order valence-electron chi connectivity index (χ3n) is 3.54. The zero-order valence-corrected chi connectivity index (χ0v) is 10.6. The molecule has 100 valence electrons. The average Bonchev–Trinajstić information content (AvgIpc) is 3.17. The second-order valence-electron chi connectivity index (χ2n) is 4.82. The highest BCUT2D eigenvalue weighted by Gasteiger charge is 2.46. The summed E-state index contributed by atoms with van der Waals surface area (Å²) < 4.78 is 16.0. The summed E-state index contributed by atoms with van der Waals surface area (Å²) in [5.41, 5.74) is 1.63. The number of epoxide rings is 1. The number of ether oxygens (including phenoxy) is 3. The number of fused-ring (bicyclic) bond motifs is 1. The van der Waals surface area contributed by atoms with E-state index in [9.17, 15) is 4.79 Å². The van der Waals surface area contributed by atoms with Crippen molar-refractivity contribution in [1.82, 2.24) is 0 Å². The Hall–Kier alpha value is -2.33. The zero-order valence-electron chi connectivity index (χ0n) is 10.6. The van der Waals surface area contributed by atoms with E-state index in [0.717, 1.165) is 5.56 Å². The van der Waals surface area contributed by atoms with Gasteiger partial charge in [-0.1, -0.05) is 30.3 Å². The Balaban J connectivity index is 1.55. The Morgan fingerprint density at radius 3 is 2.65 bits per heavy atom. The lowest BCUT2D eigenvalue weighted by molar-refractivity contribution is 0.0953. The number of carbonyl (C=O) groups is 1. The molecule has 0 amide bonds. The molecule has 4 heteroatoms. The lowest BCUT2D eigenvalue weighted by atomic mass is 10.0. The number of carbonyl (C=O) groups excluding carboxylic acids is 1. The second kappa shape index (κ2) is 4.35. The number of rotatable bonds is 3. The normalized spacial score (nSPS) is 22.6. The van der Waals surface area contributed by atoms with Gasteiger partial charge in [0, 0.05) is 5.56 Å². The predicted octanol–water partition coefficient (Wildman–Crippen LogP) is 2.74. The highest BCUT2D eigenvalue weighted by atomic mass is 16.7. The van der Waals surface area contributed by atoms with Gasteiger partial charge in [0.05, 0.1) is 0 Å². The average molecular weight is 268 g/mol. The first-order chi connectivity index (χ1) is 9.83. The summed E-state index contributed by atoms with van der Waals surface area (Å²) in [6.45, 7) is 0.208. The molecule has 0 aromatic heterocycles. The van der Waals surface area contributed by atoms with Gasteiger partial charge in [0.25, 0.3) is 0 Å². The maximum Gasteiger partial charge on any atom is 0.231 e. The van der Waals surface area contributed by atoms with Crippen LogP contribution in [0, 0.1) is 0 Å². The number of ketones is 1. The van der Waals surface area contributed by atoms with E-state index in [1.807, 2.05) is 30.3 Å². The van der Waals surface area contributed by atoms with Crippen LogP contribution in [0.25, 0.3) is 0 Å². The highest BCUT2D eigenvalue weighted by Crippen LogP contribution is 2.41.